The Labute approximate surface area is 142 Å². The van der Waals surface area contributed by atoms with Gasteiger partial charge in [0, 0.05) is 10.7 Å². The van der Waals surface area contributed by atoms with Gasteiger partial charge in [0.15, 0.2) is 6.10 Å². The molecule has 122 valence electrons. The average Bonchev–Trinajstić information content (AvgIpc) is 2.54. The minimum Gasteiger partial charge on any atom is -0.481 e. The second-order valence-corrected chi connectivity index (χ2v) is 5.96. The number of anilines is 1. The first kappa shape index (κ1) is 17.4. The molecule has 0 aliphatic heterocycles. The van der Waals surface area contributed by atoms with Crippen molar-refractivity contribution in [2.45, 2.75) is 39.7 Å². The lowest BCUT2D eigenvalue weighted by molar-refractivity contribution is -0.122. The van der Waals surface area contributed by atoms with E-state index in [1.807, 2.05) is 43.3 Å². The lowest BCUT2D eigenvalue weighted by Gasteiger charge is -2.16. The molecule has 0 heterocycles. The molecule has 23 heavy (non-hydrogen) atoms. The molecule has 1 N–H and O–H groups in total. The van der Waals surface area contributed by atoms with Crippen LogP contribution < -0.4 is 10.1 Å². The summed E-state index contributed by atoms with van der Waals surface area (Å²) in [7, 11) is 0. The number of ether oxygens (including phenoxy) is 1. The lowest BCUT2D eigenvalue weighted by atomic mass is 10.1. The quantitative estimate of drug-likeness (QED) is 0.808. The van der Waals surface area contributed by atoms with Crippen molar-refractivity contribution >= 4 is 23.2 Å². The van der Waals surface area contributed by atoms with E-state index in [1.165, 1.54) is 5.56 Å². The summed E-state index contributed by atoms with van der Waals surface area (Å²) >= 11 is 6.06. The third kappa shape index (κ3) is 4.73. The van der Waals surface area contributed by atoms with E-state index in [-0.39, 0.29) is 5.91 Å². The monoisotopic (exact) mass is 331 g/mol. The van der Waals surface area contributed by atoms with Crippen LogP contribution in [-0.2, 0) is 11.2 Å². The predicted octanol–water partition coefficient (Wildman–Crippen LogP) is 5.01. The minimum atomic E-state index is -0.592. The van der Waals surface area contributed by atoms with Crippen LogP contribution in [0.25, 0.3) is 0 Å². The molecule has 2 rings (SSSR count). The fourth-order valence-electron chi connectivity index (χ4n) is 2.26. The molecule has 0 aliphatic carbocycles. The highest BCUT2D eigenvalue weighted by Gasteiger charge is 2.16. The van der Waals surface area contributed by atoms with Crippen LogP contribution in [0.1, 0.15) is 31.4 Å². The highest BCUT2D eigenvalue weighted by molar-refractivity contribution is 6.31. The molecule has 1 amide bonds. The van der Waals surface area contributed by atoms with E-state index in [4.69, 9.17) is 16.3 Å². The molecule has 0 fully saturated rings. The number of benzene rings is 2. The van der Waals surface area contributed by atoms with E-state index in [0.717, 1.165) is 18.4 Å². The molecule has 0 saturated heterocycles. The first-order valence-corrected chi connectivity index (χ1v) is 8.20. The number of aryl methyl sites for hydroxylation is 1. The average molecular weight is 332 g/mol. The Morgan fingerprint density at radius 3 is 2.57 bits per heavy atom. The van der Waals surface area contributed by atoms with Crippen molar-refractivity contribution < 1.29 is 9.53 Å². The zero-order chi connectivity index (χ0) is 16.8. The van der Waals surface area contributed by atoms with Gasteiger partial charge >= 0.3 is 0 Å². The van der Waals surface area contributed by atoms with Crippen molar-refractivity contribution in [1.82, 2.24) is 0 Å². The predicted molar refractivity (Wildman–Crippen MR) is 95.3 cm³/mol. The Balaban J connectivity index is 1.98. The maximum atomic E-state index is 12.3. The summed E-state index contributed by atoms with van der Waals surface area (Å²) in [6.07, 6.45) is 1.56. The van der Waals surface area contributed by atoms with E-state index < -0.39 is 6.10 Å². The van der Waals surface area contributed by atoms with Gasteiger partial charge in [0.2, 0.25) is 0 Å². The summed E-state index contributed by atoms with van der Waals surface area (Å²) < 4.78 is 5.71. The Morgan fingerprint density at radius 1 is 1.22 bits per heavy atom. The van der Waals surface area contributed by atoms with Crippen molar-refractivity contribution in [2.24, 2.45) is 0 Å². The van der Waals surface area contributed by atoms with Gasteiger partial charge in [0.1, 0.15) is 5.75 Å². The van der Waals surface area contributed by atoms with Crippen LogP contribution >= 0.6 is 11.6 Å². The van der Waals surface area contributed by atoms with Crippen molar-refractivity contribution in [3.63, 3.8) is 0 Å². The number of nitrogens with one attached hydrogen (secondary N) is 1. The molecule has 0 aliphatic rings. The van der Waals surface area contributed by atoms with Gasteiger partial charge in [-0.2, -0.15) is 0 Å². The summed E-state index contributed by atoms with van der Waals surface area (Å²) in [6, 6.07) is 13.3. The van der Waals surface area contributed by atoms with Crippen LogP contribution in [0.5, 0.6) is 5.75 Å². The van der Waals surface area contributed by atoms with E-state index >= 15 is 0 Å². The maximum absolute atomic E-state index is 12.3. The second-order valence-electron chi connectivity index (χ2n) is 5.56. The number of hydrogen-bond donors (Lipinski definition) is 1. The highest BCUT2D eigenvalue weighted by Crippen LogP contribution is 2.23. The number of halogens is 1. The SMILES string of the molecule is CCCc1ccc(OC(C)C(=O)Nc2cccc(Cl)c2C)cc1. The van der Waals surface area contributed by atoms with Crippen LogP contribution in [0.15, 0.2) is 42.5 Å². The Hall–Kier alpha value is -2.00. The fourth-order valence-corrected chi connectivity index (χ4v) is 2.43. The van der Waals surface area contributed by atoms with Gasteiger partial charge in [-0.1, -0.05) is 43.1 Å². The van der Waals surface area contributed by atoms with Gasteiger partial charge in [-0.05, 0) is 55.7 Å². The first-order chi connectivity index (χ1) is 11.0. The molecular formula is C19H22ClNO2. The van der Waals surface area contributed by atoms with Gasteiger partial charge in [-0.25, -0.2) is 0 Å². The largest absolute Gasteiger partial charge is 0.481 e. The van der Waals surface area contributed by atoms with Gasteiger partial charge < -0.3 is 10.1 Å². The van der Waals surface area contributed by atoms with Crippen molar-refractivity contribution in [1.29, 1.82) is 0 Å². The molecule has 0 aromatic heterocycles. The van der Waals surface area contributed by atoms with Crippen molar-refractivity contribution in [3.05, 3.63) is 58.6 Å². The number of rotatable bonds is 6. The Bertz CT molecular complexity index is 668. The van der Waals surface area contributed by atoms with Gasteiger partial charge in [0.25, 0.3) is 5.91 Å². The molecule has 2 aromatic rings. The van der Waals surface area contributed by atoms with E-state index in [1.54, 1.807) is 13.0 Å². The number of carbonyl (C=O) groups excluding carboxylic acids is 1. The minimum absolute atomic E-state index is 0.201. The Kier molecular flexibility index (Phi) is 6.05. The third-order valence-corrected chi connectivity index (χ3v) is 4.08. The molecule has 3 nitrogen and oxygen atoms in total. The van der Waals surface area contributed by atoms with Crippen LogP contribution in [-0.4, -0.2) is 12.0 Å². The molecule has 0 bridgehead atoms. The van der Waals surface area contributed by atoms with Crippen LogP contribution in [0, 0.1) is 6.92 Å². The molecule has 4 heteroatoms. The summed E-state index contributed by atoms with van der Waals surface area (Å²) in [5.41, 5.74) is 2.82. The van der Waals surface area contributed by atoms with Crippen LogP contribution in [0.2, 0.25) is 5.02 Å². The zero-order valence-corrected chi connectivity index (χ0v) is 14.5. The maximum Gasteiger partial charge on any atom is 0.265 e. The lowest BCUT2D eigenvalue weighted by Crippen LogP contribution is -2.30. The molecular weight excluding hydrogens is 310 g/mol. The standard InChI is InChI=1S/C19H22ClNO2/c1-4-6-15-9-11-16(12-10-15)23-14(3)19(22)21-18-8-5-7-17(20)13(18)2/h5,7-12,14H,4,6H2,1-3H3,(H,21,22). The van der Waals surface area contributed by atoms with E-state index in [9.17, 15) is 4.79 Å². The molecule has 1 atom stereocenters. The van der Waals surface area contributed by atoms with Crippen LogP contribution in [0.3, 0.4) is 0 Å². The topological polar surface area (TPSA) is 38.3 Å². The van der Waals surface area contributed by atoms with Gasteiger partial charge in [-0.15, -0.1) is 0 Å². The molecule has 1 unspecified atom stereocenters. The smallest absolute Gasteiger partial charge is 0.265 e. The van der Waals surface area contributed by atoms with Gasteiger partial charge in [0.05, 0.1) is 0 Å². The summed E-state index contributed by atoms with van der Waals surface area (Å²) in [5, 5.41) is 3.48. The van der Waals surface area contributed by atoms with E-state index in [2.05, 4.69) is 12.2 Å². The van der Waals surface area contributed by atoms with Crippen molar-refractivity contribution in [3.8, 4) is 5.75 Å². The van der Waals surface area contributed by atoms with Gasteiger partial charge in [-0.3, -0.25) is 4.79 Å². The van der Waals surface area contributed by atoms with E-state index in [0.29, 0.717) is 16.5 Å². The number of hydrogen-bond acceptors (Lipinski definition) is 2. The third-order valence-electron chi connectivity index (χ3n) is 3.67. The van der Waals surface area contributed by atoms with Crippen LogP contribution in [0.4, 0.5) is 5.69 Å². The molecule has 0 saturated carbocycles. The summed E-state index contributed by atoms with van der Waals surface area (Å²) in [4.78, 5) is 12.3. The highest BCUT2D eigenvalue weighted by atomic mass is 35.5. The fraction of sp³-hybridized carbons (Fsp3) is 0.316. The number of amides is 1. The van der Waals surface area contributed by atoms with Crippen molar-refractivity contribution in [2.75, 3.05) is 5.32 Å². The molecule has 0 spiro atoms. The first-order valence-electron chi connectivity index (χ1n) is 7.83. The second kappa shape index (κ2) is 8.02. The normalized spacial score (nSPS) is 11.8. The Morgan fingerprint density at radius 2 is 1.91 bits per heavy atom. The summed E-state index contributed by atoms with van der Waals surface area (Å²) in [6.45, 7) is 5.75. The number of carbonyl (C=O) groups is 1. The zero-order valence-electron chi connectivity index (χ0n) is 13.7. The summed E-state index contributed by atoms with van der Waals surface area (Å²) in [5.74, 6) is 0.489. The molecule has 2 aromatic carbocycles. The molecule has 0 radical (unpaired) electrons.